The molecule has 380 valence electrons. The molecule has 23 heteroatoms. The van der Waals surface area contributed by atoms with E-state index in [1.165, 1.54) is 38.5 Å². The third-order valence-corrected chi connectivity index (χ3v) is 13.7. The van der Waals surface area contributed by atoms with Gasteiger partial charge in [-0.05, 0) is 107 Å². The molecule has 0 aliphatic carbocycles. The zero-order valence-electron chi connectivity index (χ0n) is 40.1. The fraction of sp³-hybridized carbons (Fsp3) is 0.115. The van der Waals surface area contributed by atoms with E-state index < -0.39 is 43.5 Å². The number of phenols is 1. The first-order valence-electron chi connectivity index (χ1n) is 22.0. The van der Waals surface area contributed by atoms with E-state index in [4.69, 9.17) is 32.7 Å². The van der Waals surface area contributed by atoms with Crippen LogP contribution >= 0.6 is 23.2 Å². The van der Waals surface area contributed by atoms with Crippen LogP contribution in [0.4, 0.5) is 34.1 Å². The number of carbonyl (C=O) groups excluding carboxylic acids is 1. The smallest absolute Gasteiger partial charge is 0.871 e. The molecule has 0 spiro atoms. The van der Waals surface area contributed by atoms with E-state index in [1.54, 1.807) is 111 Å². The van der Waals surface area contributed by atoms with Gasteiger partial charge < -0.3 is 30.1 Å². The van der Waals surface area contributed by atoms with Gasteiger partial charge in [-0.2, -0.15) is 21.9 Å². The fourth-order valence-electron chi connectivity index (χ4n) is 7.56. The van der Waals surface area contributed by atoms with Gasteiger partial charge in [-0.3, -0.25) is 18.9 Å². The summed E-state index contributed by atoms with van der Waals surface area (Å²) in [6.07, 6.45) is 0.542. The second-order valence-corrected chi connectivity index (χ2v) is 19.4. The minimum absolute atomic E-state index is 0. The molecule has 0 unspecified atom stereocenters. The van der Waals surface area contributed by atoms with Crippen LogP contribution in [-0.4, -0.2) is 94.8 Å². The molecule has 0 aliphatic heterocycles. The Morgan fingerprint density at radius 3 is 1.59 bits per heavy atom. The number of halogens is 2. The molecule has 18 nitrogen and oxygen atoms in total. The first-order valence-corrected chi connectivity index (χ1v) is 25.7. The monoisotopic (exact) mass is 1120 g/mol. The van der Waals surface area contributed by atoms with Crippen molar-refractivity contribution >= 4 is 149 Å². The number of phenolic OH excluding ortho intramolecular Hbond substituents is 1. The van der Waals surface area contributed by atoms with Crippen LogP contribution in [-0.2, 0) is 33.1 Å². The number of amides is 1. The molecule has 0 aliphatic rings. The molecule has 0 saturated carbocycles. The molecule has 8 aromatic carbocycles. The van der Waals surface area contributed by atoms with E-state index in [9.17, 15) is 46.1 Å². The molecule has 0 bridgehead atoms. The number of hydrogen-bond donors (Lipinski definition) is 4. The predicted molar refractivity (Wildman–Crippen MR) is 285 cm³/mol. The van der Waals surface area contributed by atoms with Gasteiger partial charge in [-0.25, -0.2) is 0 Å². The number of hydrogen-bond acceptors (Lipinski definition) is 15. The van der Waals surface area contributed by atoms with Crippen LogP contribution in [0.1, 0.15) is 40.9 Å². The number of carbonyl (C=O) groups is 1. The average molecular weight is 1120 g/mol. The summed E-state index contributed by atoms with van der Waals surface area (Å²) >= 11 is 12.4. The van der Waals surface area contributed by atoms with Crippen LogP contribution in [0.2, 0.25) is 10.0 Å². The summed E-state index contributed by atoms with van der Waals surface area (Å²) in [5.74, 6) is -1.64. The van der Waals surface area contributed by atoms with E-state index in [0.717, 1.165) is 12.1 Å². The molecule has 0 heterocycles. The number of aromatic hydroxyl groups is 1. The number of rotatable bonds is 14. The zero-order chi connectivity index (χ0) is 53.5. The third-order valence-electron chi connectivity index (χ3n) is 11.2. The number of aryl methyl sites for hydroxylation is 2. The van der Waals surface area contributed by atoms with Crippen LogP contribution in [0.25, 0.3) is 21.5 Å². The number of aliphatic imine (C=N–C) groups is 1. The summed E-state index contributed by atoms with van der Waals surface area (Å²) in [7, 11) is -6.05. The number of nitrogens with one attached hydrogen (secondary N) is 1. The quantitative estimate of drug-likeness (QED) is 0.0260. The van der Waals surface area contributed by atoms with E-state index in [-0.39, 0.29) is 116 Å². The summed E-state index contributed by atoms with van der Waals surface area (Å²) in [6.45, 7) is 3.41. The van der Waals surface area contributed by atoms with Crippen molar-refractivity contribution in [1.29, 1.82) is 0 Å². The van der Waals surface area contributed by atoms with Gasteiger partial charge in [0.1, 0.15) is 34.2 Å². The van der Waals surface area contributed by atoms with Crippen molar-refractivity contribution in [3.8, 4) is 23.0 Å². The Morgan fingerprint density at radius 2 is 1.07 bits per heavy atom. The maximum atomic E-state index is 13.4. The normalized spacial score (nSPS) is 11.9. The van der Waals surface area contributed by atoms with Gasteiger partial charge in [-0.1, -0.05) is 116 Å². The molecule has 0 atom stereocenters. The maximum Gasteiger partial charge on any atom is 2.00 e. The van der Waals surface area contributed by atoms with Crippen molar-refractivity contribution < 1.29 is 55.5 Å². The SMILES string of the molecule is CCc1cc(N=Nc2c(O)c(C(=O)Nc3ccccc3OC)cc3ccccc23)c(Cl)cc1S(=O)(=O)O.CCc1cc(N=Nc2c([O-])c(C([O-])=Nc3ccccc3OC)cc3ccccc23)c(Cl)cc1S(=O)(=O)O.[Ca+2]. The maximum absolute atomic E-state index is 13.4. The van der Waals surface area contributed by atoms with E-state index >= 15 is 0 Å². The molecule has 0 aromatic heterocycles. The summed E-state index contributed by atoms with van der Waals surface area (Å²) in [4.78, 5) is 16.5. The molecule has 1 amide bonds. The van der Waals surface area contributed by atoms with Crippen molar-refractivity contribution in [3.05, 3.63) is 166 Å². The van der Waals surface area contributed by atoms with Crippen molar-refractivity contribution in [1.82, 2.24) is 0 Å². The summed E-state index contributed by atoms with van der Waals surface area (Å²) in [5.41, 5.74) is 1.13. The zero-order valence-corrected chi connectivity index (χ0v) is 45.5. The number of anilines is 1. The van der Waals surface area contributed by atoms with Gasteiger partial charge in [0.25, 0.3) is 26.1 Å². The average Bonchev–Trinajstić information content (AvgIpc) is 3.38. The molecular formula is C52H42CaCl2N6O12S2. The Hall–Kier alpha value is -6.72. The Morgan fingerprint density at radius 1 is 0.613 bits per heavy atom. The van der Waals surface area contributed by atoms with Crippen LogP contribution in [0.3, 0.4) is 0 Å². The number of methoxy groups -OCH3 is 2. The Balaban J connectivity index is 0.000000241. The van der Waals surface area contributed by atoms with Crippen molar-refractivity contribution in [3.63, 3.8) is 0 Å². The number of benzene rings is 8. The largest absolute Gasteiger partial charge is 2.00 e. The van der Waals surface area contributed by atoms with E-state index in [2.05, 4.69) is 30.8 Å². The topological polar surface area (TPSA) is 284 Å². The van der Waals surface area contributed by atoms with Gasteiger partial charge in [-0.15, -0.1) is 15.3 Å². The minimum Gasteiger partial charge on any atom is -0.871 e. The number of para-hydroxylation sites is 4. The Kier molecular flexibility index (Phi) is 19.0. The fourth-order valence-corrected chi connectivity index (χ4v) is 9.69. The van der Waals surface area contributed by atoms with E-state index in [0.29, 0.717) is 44.3 Å². The summed E-state index contributed by atoms with van der Waals surface area (Å²) in [6, 6.07) is 35.3. The summed E-state index contributed by atoms with van der Waals surface area (Å²) < 4.78 is 76.2. The van der Waals surface area contributed by atoms with Crippen LogP contribution in [0.5, 0.6) is 23.0 Å². The number of azo groups is 2. The second-order valence-electron chi connectivity index (χ2n) is 15.8. The Labute approximate surface area is 470 Å². The van der Waals surface area contributed by atoms with Crippen molar-refractivity contribution in [2.24, 2.45) is 25.4 Å². The number of fused-ring (bicyclic) bond motifs is 2. The first-order chi connectivity index (χ1) is 35.3. The number of ether oxygens (including phenoxy) is 2. The molecule has 8 aromatic rings. The van der Waals surface area contributed by atoms with Crippen LogP contribution in [0, 0.1) is 0 Å². The van der Waals surface area contributed by atoms with Gasteiger partial charge in [0.05, 0.1) is 51.0 Å². The second kappa shape index (κ2) is 24.7. The first kappa shape index (κ1) is 57.6. The van der Waals surface area contributed by atoms with Crippen molar-refractivity contribution in [2.75, 3.05) is 19.5 Å². The standard InChI is InChI=1S/2C26H22ClN3O6S.Ca/c2*1-3-15-13-21(19(27)14-23(15)37(33,34)35)29-30-24-17-9-5-4-8-16(17)12-18(25(24)31)26(32)28-20-10-6-7-11-22(20)36-2;/h2*4-14,31H,3H2,1-2H3,(H,28,32)(H,33,34,35);/q;;+2/p-2. The molecule has 75 heavy (non-hydrogen) atoms. The molecule has 0 saturated heterocycles. The summed E-state index contributed by atoms with van der Waals surface area (Å²) in [5, 5.41) is 58.8. The van der Waals surface area contributed by atoms with Gasteiger partial charge in [0, 0.05) is 10.8 Å². The minimum atomic E-state index is -4.50. The molecule has 8 rings (SSSR count). The van der Waals surface area contributed by atoms with Crippen molar-refractivity contribution in [2.45, 2.75) is 36.5 Å². The van der Waals surface area contributed by atoms with Crippen LogP contribution in [0.15, 0.2) is 169 Å². The van der Waals surface area contributed by atoms with E-state index in [1.807, 2.05) is 0 Å². The third kappa shape index (κ3) is 13.2. The van der Waals surface area contributed by atoms with Gasteiger partial charge in [0.2, 0.25) is 0 Å². The van der Waals surface area contributed by atoms with Gasteiger partial charge >= 0.3 is 37.7 Å². The number of nitrogens with zero attached hydrogens (tertiary/aromatic N) is 5. The molecule has 4 N–H and O–H groups in total. The van der Waals surface area contributed by atoms with Crippen LogP contribution < -0.4 is 25.0 Å². The van der Waals surface area contributed by atoms with Gasteiger partial charge in [0.15, 0.2) is 5.75 Å². The molecule has 0 radical (unpaired) electrons. The Bertz CT molecular complexity index is 3830. The molecular weight excluding hydrogens is 1080 g/mol. The predicted octanol–water partition coefficient (Wildman–Crippen LogP) is 11.5. The molecule has 0 fully saturated rings.